The fourth-order valence-corrected chi connectivity index (χ4v) is 3.78. The maximum absolute atomic E-state index is 5.94. The van der Waals surface area contributed by atoms with Crippen molar-refractivity contribution in [1.29, 1.82) is 0 Å². The smallest absolute Gasteiger partial charge is 0.322 e. The second-order valence-corrected chi connectivity index (χ2v) is 7.57. The van der Waals surface area contributed by atoms with E-state index in [2.05, 4.69) is 29.7 Å². The number of ether oxygens (including phenoxy) is 1. The summed E-state index contributed by atoms with van der Waals surface area (Å²) >= 11 is 5.94. The summed E-state index contributed by atoms with van der Waals surface area (Å²) in [5.41, 5.74) is 0. The van der Waals surface area contributed by atoms with Gasteiger partial charge >= 0.3 is 6.01 Å². The van der Waals surface area contributed by atoms with Crippen molar-refractivity contribution in [3.63, 3.8) is 0 Å². The number of hydrogen-bond donors (Lipinski definition) is 0. The van der Waals surface area contributed by atoms with E-state index in [1.165, 1.54) is 25.7 Å². The van der Waals surface area contributed by atoms with Crippen LogP contribution in [0.25, 0.3) is 0 Å². The van der Waals surface area contributed by atoms with Crippen LogP contribution in [-0.4, -0.2) is 66.3 Å². The van der Waals surface area contributed by atoms with E-state index in [0.717, 1.165) is 51.0 Å². The van der Waals surface area contributed by atoms with Crippen molar-refractivity contribution in [2.24, 2.45) is 0 Å². The van der Waals surface area contributed by atoms with Gasteiger partial charge < -0.3 is 19.4 Å². The fourth-order valence-electron chi connectivity index (χ4n) is 3.67. The summed E-state index contributed by atoms with van der Waals surface area (Å²) in [4.78, 5) is 24.9. The summed E-state index contributed by atoms with van der Waals surface area (Å²) in [5, 5.41) is 0.653. The van der Waals surface area contributed by atoms with Gasteiger partial charge in [-0.2, -0.15) is 15.0 Å². The Balaban J connectivity index is 1.48. The van der Waals surface area contributed by atoms with E-state index in [0.29, 0.717) is 17.0 Å². The molecule has 0 saturated carbocycles. The monoisotopic (exact) mass is 403 g/mol. The summed E-state index contributed by atoms with van der Waals surface area (Å²) < 4.78 is 5.36. The van der Waals surface area contributed by atoms with Crippen LogP contribution in [-0.2, 0) is 0 Å². The van der Waals surface area contributed by atoms with Gasteiger partial charge in [0.25, 0.3) is 0 Å². The fraction of sp³-hybridized carbons (Fsp3) is 0.579. The van der Waals surface area contributed by atoms with Crippen molar-refractivity contribution in [3.8, 4) is 6.01 Å². The molecule has 2 aliphatic heterocycles. The standard InChI is InChI=1S/C19H26ClN7O/c1-28-19-23-17(26-8-4-2-3-5-9-26)22-18(24-19)27-12-10-25(11-13-27)16-7-6-15(20)14-21-16/h6-7,14H,2-5,8-13H2,1H3. The number of pyridine rings is 1. The molecule has 0 aromatic carbocycles. The van der Waals surface area contributed by atoms with Gasteiger partial charge in [-0.3, -0.25) is 0 Å². The topological polar surface area (TPSA) is 70.5 Å². The highest BCUT2D eigenvalue weighted by Gasteiger charge is 2.23. The van der Waals surface area contributed by atoms with Gasteiger partial charge in [0, 0.05) is 45.5 Å². The number of hydrogen-bond acceptors (Lipinski definition) is 8. The molecular formula is C19H26ClN7O. The van der Waals surface area contributed by atoms with Crippen molar-refractivity contribution in [2.75, 3.05) is 61.1 Å². The maximum Gasteiger partial charge on any atom is 0.322 e. The Morgan fingerprint density at radius 3 is 1.96 bits per heavy atom. The van der Waals surface area contributed by atoms with E-state index in [-0.39, 0.29) is 0 Å². The van der Waals surface area contributed by atoms with Crippen LogP contribution in [0.5, 0.6) is 6.01 Å². The average Bonchev–Trinajstić information content (AvgIpc) is 3.04. The molecule has 2 saturated heterocycles. The van der Waals surface area contributed by atoms with E-state index < -0.39 is 0 Å². The highest BCUT2D eigenvalue weighted by Crippen LogP contribution is 2.23. The lowest BCUT2D eigenvalue weighted by atomic mass is 10.2. The van der Waals surface area contributed by atoms with Gasteiger partial charge in [0.05, 0.1) is 12.1 Å². The van der Waals surface area contributed by atoms with Crippen LogP contribution < -0.4 is 19.4 Å². The molecule has 28 heavy (non-hydrogen) atoms. The second kappa shape index (κ2) is 8.77. The molecule has 4 rings (SSSR count). The molecule has 0 amide bonds. The summed E-state index contributed by atoms with van der Waals surface area (Å²) in [5.74, 6) is 2.36. The first-order valence-corrected chi connectivity index (χ1v) is 10.3. The molecule has 0 N–H and O–H groups in total. The zero-order chi connectivity index (χ0) is 19.3. The van der Waals surface area contributed by atoms with E-state index in [1.54, 1.807) is 13.3 Å². The largest absolute Gasteiger partial charge is 0.467 e. The lowest BCUT2D eigenvalue weighted by Gasteiger charge is -2.35. The third-order valence-corrected chi connectivity index (χ3v) is 5.48. The summed E-state index contributed by atoms with van der Waals surface area (Å²) in [6, 6.07) is 4.22. The number of nitrogens with zero attached hydrogens (tertiary/aromatic N) is 7. The van der Waals surface area contributed by atoms with Gasteiger partial charge in [-0.05, 0) is 25.0 Å². The summed E-state index contributed by atoms with van der Waals surface area (Å²) in [7, 11) is 1.61. The van der Waals surface area contributed by atoms with Crippen LogP contribution in [0.1, 0.15) is 25.7 Å². The van der Waals surface area contributed by atoms with Gasteiger partial charge in [0.2, 0.25) is 11.9 Å². The maximum atomic E-state index is 5.94. The minimum absolute atomic E-state index is 0.381. The number of methoxy groups -OCH3 is 1. The van der Waals surface area contributed by atoms with Gasteiger partial charge in [0.15, 0.2) is 0 Å². The van der Waals surface area contributed by atoms with Crippen molar-refractivity contribution in [1.82, 2.24) is 19.9 Å². The zero-order valence-corrected chi connectivity index (χ0v) is 17.0. The third kappa shape index (κ3) is 4.38. The summed E-state index contributed by atoms with van der Waals surface area (Å²) in [6.45, 7) is 5.31. The van der Waals surface area contributed by atoms with E-state index in [9.17, 15) is 0 Å². The summed E-state index contributed by atoms with van der Waals surface area (Å²) in [6.07, 6.45) is 6.58. The number of piperazine rings is 1. The Hall–Kier alpha value is -2.35. The van der Waals surface area contributed by atoms with Gasteiger partial charge in [0.1, 0.15) is 5.82 Å². The molecule has 0 bridgehead atoms. The van der Waals surface area contributed by atoms with Crippen LogP contribution in [0.15, 0.2) is 18.3 Å². The first-order valence-electron chi connectivity index (χ1n) is 9.89. The first-order chi connectivity index (χ1) is 13.7. The average molecular weight is 404 g/mol. The predicted molar refractivity (Wildman–Crippen MR) is 111 cm³/mol. The molecular weight excluding hydrogens is 378 g/mol. The van der Waals surface area contributed by atoms with Gasteiger partial charge in [-0.25, -0.2) is 4.98 Å². The number of anilines is 3. The minimum atomic E-state index is 0.381. The molecule has 0 aliphatic carbocycles. The van der Waals surface area contributed by atoms with Gasteiger partial charge in [-0.15, -0.1) is 0 Å². The molecule has 8 nitrogen and oxygen atoms in total. The van der Waals surface area contributed by atoms with E-state index in [4.69, 9.17) is 21.3 Å². The molecule has 150 valence electrons. The molecule has 4 heterocycles. The highest BCUT2D eigenvalue weighted by molar-refractivity contribution is 6.30. The third-order valence-electron chi connectivity index (χ3n) is 5.26. The van der Waals surface area contributed by atoms with Crippen LogP contribution in [0.4, 0.5) is 17.7 Å². The quantitative estimate of drug-likeness (QED) is 0.771. The van der Waals surface area contributed by atoms with E-state index >= 15 is 0 Å². The lowest BCUT2D eigenvalue weighted by Crippen LogP contribution is -2.47. The zero-order valence-electron chi connectivity index (χ0n) is 16.2. The molecule has 0 spiro atoms. The van der Waals surface area contributed by atoms with Crippen molar-refractivity contribution >= 4 is 29.3 Å². The van der Waals surface area contributed by atoms with Crippen molar-refractivity contribution < 1.29 is 4.74 Å². The molecule has 2 fully saturated rings. The Labute approximate surface area is 170 Å². The molecule has 2 aromatic rings. The van der Waals surface area contributed by atoms with Crippen molar-refractivity contribution in [2.45, 2.75) is 25.7 Å². The van der Waals surface area contributed by atoms with Crippen LogP contribution in [0, 0.1) is 0 Å². The predicted octanol–water partition coefficient (Wildman–Crippen LogP) is 2.64. The Morgan fingerprint density at radius 2 is 1.39 bits per heavy atom. The SMILES string of the molecule is COc1nc(N2CCCCCC2)nc(N2CCN(c3ccc(Cl)cn3)CC2)n1. The normalized spacial score (nSPS) is 18.1. The number of halogens is 1. The Morgan fingerprint density at radius 1 is 0.786 bits per heavy atom. The van der Waals surface area contributed by atoms with Crippen LogP contribution in [0.2, 0.25) is 5.02 Å². The first kappa shape index (κ1) is 19.0. The number of aromatic nitrogens is 4. The van der Waals surface area contributed by atoms with E-state index in [1.807, 2.05) is 12.1 Å². The van der Waals surface area contributed by atoms with Crippen molar-refractivity contribution in [3.05, 3.63) is 23.4 Å². The van der Waals surface area contributed by atoms with Gasteiger partial charge in [-0.1, -0.05) is 24.4 Å². The second-order valence-electron chi connectivity index (χ2n) is 7.13. The molecule has 0 atom stereocenters. The highest BCUT2D eigenvalue weighted by atomic mass is 35.5. The Kier molecular flexibility index (Phi) is 5.95. The lowest BCUT2D eigenvalue weighted by molar-refractivity contribution is 0.377. The van der Waals surface area contributed by atoms with Crippen LogP contribution in [0.3, 0.4) is 0 Å². The molecule has 2 aromatic heterocycles. The molecule has 9 heteroatoms. The number of rotatable bonds is 4. The Bertz CT molecular complexity index is 772. The molecule has 0 unspecified atom stereocenters. The molecule has 0 radical (unpaired) electrons. The minimum Gasteiger partial charge on any atom is -0.467 e. The van der Waals surface area contributed by atoms with Crippen LogP contribution >= 0.6 is 11.6 Å². The molecule has 2 aliphatic rings.